The fourth-order valence-corrected chi connectivity index (χ4v) is 2.64. The van der Waals surface area contributed by atoms with Gasteiger partial charge in [0, 0.05) is 10.2 Å². The van der Waals surface area contributed by atoms with E-state index in [9.17, 15) is 9.59 Å². The zero-order chi connectivity index (χ0) is 10.6. The molecule has 0 bridgehead atoms. The van der Waals surface area contributed by atoms with Crippen molar-refractivity contribution in [3.05, 3.63) is 21.9 Å². The minimum atomic E-state index is -0.361. The van der Waals surface area contributed by atoms with Crippen LogP contribution in [0.2, 0.25) is 0 Å². The Morgan fingerprint density at radius 3 is 2.93 bits per heavy atom. The van der Waals surface area contributed by atoms with Crippen molar-refractivity contribution < 1.29 is 14.3 Å². The van der Waals surface area contributed by atoms with Crippen LogP contribution in [0, 0.1) is 0 Å². The van der Waals surface area contributed by atoms with Crippen LogP contribution in [0.5, 0.6) is 0 Å². The Morgan fingerprint density at radius 2 is 2.43 bits per heavy atom. The van der Waals surface area contributed by atoms with E-state index in [1.165, 1.54) is 18.4 Å². The first kappa shape index (κ1) is 11.4. The van der Waals surface area contributed by atoms with Gasteiger partial charge in [0.05, 0.1) is 13.0 Å². The molecule has 1 aromatic rings. The lowest BCUT2D eigenvalue weighted by Crippen LogP contribution is -1.99. The van der Waals surface area contributed by atoms with Gasteiger partial charge in [0.15, 0.2) is 0 Å². The second-order valence-corrected chi connectivity index (χ2v) is 4.35. The second-order valence-electron chi connectivity index (χ2n) is 2.59. The summed E-state index contributed by atoms with van der Waals surface area (Å²) < 4.78 is 4.57. The minimum absolute atomic E-state index is 0.182. The highest BCUT2D eigenvalue weighted by molar-refractivity contribution is 9.09. The molecule has 0 fully saturated rings. The lowest BCUT2D eigenvalue weighted by atomic mass is 10.2. The van der Waals surface area contributed by atoms with Crippen LogP contribution in [0.1, 0.15) is 20.5 Å². The van der Waals surface area contributed by atoms with Crippen LogP contribution in [0.4, 0.5) is 0 Å². The van der Waals surface area contributed by atoms with Crippen LogP contribution in [0.25, 0.3) is 0 Å². The van der Waals surface area contributed by atoms with E-state index in [4.69, 9.17) is 0 Å². The van der Waals surface area contributed by atoms with Gasteiger partial charge in [-0.25, -0.2) is 4.79 Å². The molecule has 1 heterocycles. The highest BCUT2D eigenvalue weighted by Gasteiger charge is 2.14. The molecule has 0 saturated carbocycles. The van der Waals surface area contributed by atoms with Crippen molar-refractivity contribution >= 4 is 39.5 Å². The van der Waals surface area contributed by atoms with Crippen molar-refractivity contribution in [2.45, 2.75) is 5.92 Å². The molecule has 76 valence electrons. The number of rotatable bonds is 4. The van der Waals surface area contributed by atoms with Gasteiger partial charge in [0.25, 0.3) is 0 Å². The van der Waals surface area contributed by atoms with E-state index in [0.717, 1.165) is 11.2 Å². The van der Waals surface area contributed by atoms with Gasteiger partial charge in [-0.2, -0.15) is 0 Å². The third-order valence-corrected chi connectivity index (χ3v) is 3.60. The summed E-state index contributed by atoms with van der Waals surface area (Å²) >= 11 is 4.52. The average Bonchev–Trinajstić information content (AvgIpc) is 2.68. The molecule has 1 unspecified atom stereocenters. The molecule has 0 saturated heterocycles. The molecule has 5 heteroatoms. The average molecular weight is 277 g/mol. The highest BCUT2D eigenvalue weighted by Crippen LogP contribution is 2.25. The van der Waals surface area contributed by atoms with Gasteiger partial charge >= 0.3 is 5.97 Å². The summed E-state index contributed by atoms with van der Waals surface area (Å²) in [5, 5.41) is 0.567. The lowest BCUT2D eigenvalue weighted by Gasteiger charge is -2.00. The largest absolute Gasteiger partial charge is 0.465 e. The minimum Gasteiger partial charge on any atom is -0.465 e. The number of carbonyl (C=O) groups excluding carboxylic acids is 2. The first-order valence-corrected chi connectivity index (χ1v) is 5.86. The first-order chi connectivity index (χ1) is 6.72. The SMILES string of the molecule is COC(=O)c1ccc(C(C=O)CBr)s1. The lowest BCUT2D eigenvalue weighted by molar-refractivity contribution is -0.108. The maximum Gasteiger partial charge on any atom is 0.348 e. The van der Waals surface area contributed by atoms with Crippen LogP contribution in [-0.4, -0.2) is 24.7 Å². The van der Waals surface area contributed by atoms with Gasteiger partial charge < -0.3 is 9.53 Å². The van der Waals surface area contributed by atoms with Crippen LogP contribution < -0.4 is 0 Å². The summed E-state index contributed by atoms with van der Waals surface area (Å²) in [4.78, 5) is 23.2. The molecule has 0 N–H and O–H groups in total. The van der Waals surface area contributed by atoms with Crippen molar-refractivity contribution in [3.8, 4) is 0 Å². The second kappa shape index (κ2) is 5.26. The van der Waals surface area contributed by atoms with Crippen molar-refractivity contribution in [2.24, 2.45) is 0 Å². The summed E-state index contributed by atoms with van der Waals surface area (Å²) in [5.41, 5.74) is 0. The number of halogens is 1. The predicted molar refractivity (Wildman–Crippen MR) is 58.3 cm³/mol. The molecule has 0 aromatic carbocycles. The third kappa shape index (κ3) is 2.42. The standard InChI is InChI=1S/C9H9BrO3S/c1-13-9(12)8-3-2-7(14-8)6(4-10)5-11/h2-3,5-6H,4H2,1H3. The van der Waals surface area contributed by atoms with Gasteiger partial charge in [-0.1, -0.05) is 15.9 Å². The predicted octanol–water partition coefficient (Wildman–Crippen LogP) is 2.21. The number of ether oxygens (including phenoxy) is 1. The van der Waals surface area contributed by atoms with Gasteiger partial charge in [0.1, 0.15) is 11.2 Å². The Kier molecular flexibility index (Phi) is 4.28. The maximum atomic E-state index is 11.1. The fourth-order valence-electron chi connectivity index (χ4n) is 0.942. The Hall–Kier alpha value is -0.680. The highest BCUT2D eigenvalue weighted by atomic mass is 79.9. The van der Waals surface area contributed by atoms with Crippen LogP contribution in [0.15, 0.2) is 12.1 Å². The summed E-state index contributed by atoms with van der Waals surface area (Å²) in [6.45, 7) is 0. The normalized spacial score (nSPS) is 12.1. The van der Waals surface area contributed by atoms with Crippen molar-refractivity contribution in [3.63, 3.8) is 0 Å². The van der Waals surface area contributed by atoms with E-state index in [2.05, 4.69) is 20.7 Å². The number of aldehydes is 1. The molecule has 1 atom stereocenters. The monoisotopic (exact) mass is 276 g/mol. The van der Waals surface area contributed by atoms with E-state index in [-0.39, 0.29) is 11.9 Å². The maximum absolute atomic E-state index is 11.1. The van der Waals surface area contributed by atoms with E-state index in [1.54, 1.807) is 12.1 Å². The molecule has 0 radical (unpaired) electrons. The van der Waals surface area contributed by atoms with Crippen LogP contribution in [-0.2, 0) is 9.53 Å². The Balaban J connectivity index is 2.86. The quantitative estimate of drug-likeness (QED) is 0.481. The summed E-state index contributed by atoms with van der Waals surface area (Å²) in [5.74, 6) is -0.543. The fraction of sp³-hybridized carbons (Fsp3) is 0.333. The molecule has 0 aliphatic carbocycles. The summed E-state index contributed by atoms with van der Waals surface area (Å²) in [6, 6.07) is 3.45. The van der Waals surface area contributed by atoms with Crippen molar-refractivity contribution in [1.82, 2.24) is 0 Å². The zero-order valence-electron chi connectivity index (χ0n) is 7.53. The number of carbonyl (C=O) groups is 2. The van der Waals surface area contributed by atoms with Crippen LogP contribution in [0.3, 0.4) is 0 Å². The molecular weight excluding hydrogens is 268 g/mol. The molecular formula is C9H9BrO3S. The summed E-state index contributed by atoms with van der Waals surface area (Å²) in [6.07, 6.45) is 0.863. The van der Waals surface area contributed by atoms with Crippen molar-refractivity contribution in [1.29, 1.82) is 0 Å². The molecule has 0 amide bonds. The van der Waals surface area contributed by atoms with Gasteiger partial charge in [0.2, 0.25) is 0 Å². The third-order valence-electron chi connectivity index (χ3n) is 1.71. The molecule has 1 aromatic heterocycles. The molecule has 3 nitrogen and oxygen atoms in total. The Morgan fingerprint density at radius 1 is 1.71 bits per heavy atom. The number of methoxy groups -OCH3 is 1. The van der Waals surface area contributed by atoms with E-state index < -0.39 is 0 Å². The van der Waals surface area contributed by atoms with Gasteiger partial charge in [-0.15, -0.1) is 11.3 Å². The topological polar surface area (TPSA) is 43.4 Å². The van der Waals surface area contributed by atoms with E-state index in [1.807, 2.05) is 0 Å². The number of thiophene rings is 1. The van der Waals surface area contributed by atoms with Gasteiger partial charge in [-0.3, -0.25) is 0 Å². The van der Waals surface area contributed by atoms with Gasteiger partial charge in [-0.05, 0) is 12.1 Å². The smallest absolute Gasteiger partial charge is 0.348 e. The van der Waals surface area contributed by atoms with Crippen molar-refractivity contribution in [2.75, 3.05) is 12.4 Å². The van der Waals surface area contributed by atoms with E-state index >= 15 is 0 Å². The molecule has 14 heavy (non-hydrogen) atoms. The number of hydrogen-bond acceptors (Lipinski definition) is 4. The number of hydrogen-bond donors (Lipinski definition) is 0. The summed E-state index contributed by atoms with van der Waals surface area (Å²) in [7, 11) is 1.34. The molecule has 0 aliphatic rings. The van der Waals surface area contributed by atoms with E-state index in [0.29, 0.717) is 10.2 Å². The zero-order valence-corrected chi connectivity index (χ0v) is 9.93. The molecule has 0 spiro atoms. The molecule has 1 rings (SSSR count). The number of esters is 1. The first-order valence-electron chi connectivity index (χ1n) is 3.92. The Labute approximate surface area is 94.2 Å². The van der Waals surface area contributed by atoms with Crippen LogP contribution >= 0.6 is 27.3 Å². The Bertz CT molecular complexity index is 335. The molecule has 0 aliphatic heterocycles. The number of alkyl halides is 1.